The Hall–Kier alpha value is -3.03. The number of benzene rings is 1. The molecule has 0 spiro atoms. The molecule has 1 N–H and O–H groups in total. The maximum Gasteiger partial charge on any atom is 0.338 e. The van der Waals surface area contributed by atoms with Crippen LogP contribution in [0.1, 0.15) is 60.0 Å². The van der Waals surface area contributed by atoms with Crippen LogP contribution in [0.2, 0.25) is 0 Å². The fraction of sp³-hybridized carbons (Fsp3) is 0.522. The molecule has 1 heterocycles. The molecule has 168 valence electrons. The molecular formula is C23H30N2O6. The van der Waals surface area contributed by atoms with Gasteiger partial charge in [-0.1, -0.05) is 12.1 Å². The summed E-state index contributed by atoms with van der Waals surface area (Å²) in [5.74, 6) is 1.39. The summed E-state index contributed by atoms with van der Waals surface area (Å²) >= 11 is 0. The van der Waals surface area contributed by atoms with Crippen molar-refractivity contribution in [1.82, 2.24) is 10.5 Å². The van der Waals surface area contributed by atoms with Gasteiger partial charge in [0.2, 0.25) is 0 Å². The van der Waals surface area contributed by atoms with Crippen molar-refractivity contribution in [3.8, 4) is 11.5 Å². The minimum Gasteiger partial charge on any atom is -0.493 e. The number of aryl methyl sites for hydroxylation is 2. The lowest BCUT2D eigenvalue weighted by molar-refractivity contribution is -0.125. The Labute approximate surface area is 182 Å². The first-order valence-corrected chi connectivity index (χ1v) is 10.6. The van der Waals surface area contributed by atoms with E-state index in [0.29, 0.717) is 23.2 Å². The molecule has 8 heteroatoms. The zero-order chi connectivity index (χ0) is 22.4. The fourth-order valence-corrected chi connectivity index (χ4v) is 3.66. The largest absolute Gasteiger partial charge is 0.493 e. The van der Waals surface area contributed by atoms with Gasteiger partial charge in [0.25, 0.3) is 5.91 Å². The molecule has 1 fully saturated rings. The third-order valence-electron chi connectivity index (χ3n) is 5.67. The van der Waals surface area contributed by atoms with E-state index in [1.807, 2.05) is 13.8 Å². The van der Waals surface area contributed by atoms with E-state index in [9.17, 15) is 9.59 Å². The molecule has 1 aliphatic carbocycles. The minimum absolute atomic E-state index is 0.164. The molecule has 0 aliphatic heterocycles. The van der Waals surface area contributed by atoms with Gasteiger partial charge in [-0.15, -0.1) is 0 Å². The molecule has 0 atom stereocenters. The van der Waals surface area contributed by atoms with Crippen molar-refractivity contribution in [1.29, 1.82) is 0 Å². The molecule has 0 saturated heterocycles. The topological polar surface area (TPSA) is 99.9 Å². The van der Waals surface area contributed by atoms with Gasteiger partial charge >= 0.3 is 5.97 Å². The van der Waals surface area contributed by atoms with Crippen molar-refractivity contribution < 1.29 is 28.3 Å². The van der Waals surface area contributed by atoms with E-state index in [1.54, 1.807) is 12.1 Å². The summed E-state index contributed by atoms with van der Waals surface area (Å²) in [7, 11) is 1.49. The maximum atomic E-state index is 12.4. The third-order valence-corrected chi connectivity index (χ3v) is 5.67. The summed E-state index contributed by atoms with van der Waals surface area (Å²) in [6.45, 7) is 5.84. The molecule has 1 aliphatic rings. The number of amides is 1. The Kier molecular flexibility index (Phi) is 7.55. The first-order valence-electron chi connectivity index (χ1n) is 10.6. The number of aromatic nitrogens is 1. The number of nitrogens with zero attached hydrogens (tertiary/aromatic N) is 1. The van der Waals surface area contributed by atoms with E-state index >= 15 is 0 Å². The molecule has 31 heavy (non-hydrogen) atoms. The van der Waals surface area contributed by atoms with Gasteiger partial charge in [0, 0.05) is 6.04 Å². The van der Waals surface area contributed by atoms with E-state index < -0.39 is 5.97 Å². The van der Waals surface area contributed by atoms with E-state index in [1.165, 1.54) is 13.2 Å². The average molecular weight is 431 g/mol. The van der Waals surface area contributed by atoms with Gasteiger partial charge in [-0.2, -0.15) is 0 Å². The van der Waals surface area contributed by atoms with Gasteiger partial charge in [0.15, 0.2) is 18.1 Å². The predicted octanol–water partition coefficient (Wildman–Crippen LogP) is 3.73. The van der Waals surface area contributed by atoms with Crippen LogP contribution in [0.4, 0.5) is 0 Å². The van der Waals surface area contributed by atoms with Crippen molar-refractivity contribution >= 4 is 11.9 Å². The predicted molar refractivity (Wildman–Crippen MR) is 113 cm³/mol. The van der Waals surface area contributed by atoms with E-state index in [2.05, 4.69) is 17.4 Å². The molecule has 1 aromatic heterocycles. The van der Waals surface area contributed by atoms with Crippen LogP contribution in [0, 0.1) is 19.8 Å². The second kappa shape index (κ2) is 10.3. The number of carbonyl (C=O) groups is 2. The highest BCUT2D eigenvalue weighted by Gasteiger charge is 2.21. The quantitative estimate of drug-likeness (QED) is 0.637. The molecule has 8 nitrogen and oxygen atoms in total. The zero-order valence-corrected chi connectivity index (χ0v) is 18.5. The highest BCUT2D eigenvalue weighted by atomic mass is 16.5. The van der Waals surface area contributed by atoms with Crippen LogP contribution in [0.15, 0.2) is 22.7 Å². The maximum absolute atomic E-state index is 12.4. The van der Waals surface area contributed by atoms with Crippen LogP contribution in [0.25, 0.3) is 0 Å². The Morgan fingerprint density at radius 3 is 2.55 bits per heavy atom. The first kappa shape index (κ1) is 22.7. The van der Waals surface area contributed by atoms with Gasteiger partial charge in [0.1, 0.15) is 12.4 Å². The Balaban J connectivity index is 1.53. The Morgan fingerprint density at radius 1 is 1.16 bits per heavy atom. The summed E-state index contributed by atoms with van der Waals surface area (Å²) < 4.78 is 21.5. The standard InChI is InChI=1S/C23H30N2O6/c1-14-5-8-18(9-6-14)24-22(26)13-30-23(27)17-7-10-20(21(11-17)28-4)29-12-19-15(2)25-31-16(19)3/h7,10-11,14,18H,5-6,8-9,12-13H2,1-4H3,(H,24,26). The molecule has 1 amide bonds. The second-order valence-electron chi connectivity index (χ2n) is 8.06. The number of ether oxygens (including phenoxy) is 3. The van der Waals surface area contributed by atoms with Gasteiger partial charge < -0.3 is 24.1 Å². The number of carbonyl (C=O) groups excluding carboxylic acids is 2. The highest BCUT2D eigenvalue weighted by Crippen LogP contribution is 2.30. The normalized spacial score (nSPS) is 18.3. The average Bonchev–Trinajstić information content (AvgIpc) is 3.09. The molecule has 1 aromatic carbocycles. The van der Waals surface area contributed by atoms with Crippen LogP contribution in [0.5, 0.6) is 11.5 Å². The van der Waals surface area contributed by atoms with E-state index in [-0.39, 0.29) is 30.7 Å². The Bertz CT molecular complexity index is 895. The van der Waals surface area contributed by atoms with Crippen molar-refractivity contribution in [2.45, 2.75) is 59.1 Å². The third kappa shape index (κ3) is 5.99. The monoisotopic (exact) mass is 430 g/mol. The van der Waals surface area contributed by atoms with Gasteiger partial charge in [-0.05, 0) is 63.6 Å². The molecule has 2 aromatic rings. The van der Waals surface area contributed by atoms with Crippen LogP contribution >= 0.6 is 0 Å². The van der Waals surface area contributed by atoms with Gasteiger partial charge in [-0.25, -0.2) is 4.79 Å². The number of rotatable bonds is 8. The summed E-state index contributed by atoms with van der Waals surface area (Å²) in [5.41, 5.74) is 1.91. The lowest BCUT2D eigenvalue weighted by atomic mass is 9.87. The smallest absolute Gasteiger partial charge is 0.338 e. The first-order chi connectivity index (χ1) is 14.9. The summed E-state index contributed by atoms with van der Waals surface area (Å²) in [6.07, 6.45) is 4.14. The van der Waals surface area contributed by atoms with Crippen molar-refractivity contribution in [2.24, 2.45) is 5.92 Å². The lowest BCUT2D eigenvalue weighted by Crippen LogP contribution is -2.39. The molecular weight excluding hydrogens is 400 g/mol. The number of methoxy groups -OCH3 is 1. The highest BCUT2D eigenvalue weighted by molar-refractivity contribution is 5.92. The molecule has 0 bridgehead atoms. The van der Waals surface area contributed by atoms with Gasteiger partial charge in [-0.3, -0.25) is 4.79 Å². The summed E-state index contributed by atoms with van der Waals surface area (Å²) in [5, 5.41) is 6.85. The summed E-state index contributed by atoms with van der Waals surface area (Å²) in [6, 6.07) is 4.91. The number of hydrogen-bond donors (Lipinski definition) is 1. The molecule has 1 saturated carbocycles. The molecule has 0 unspecified atom stereocenters. The van der Waals surface area contributed by atoms with Crippen LogP contribution in [-0.4, -0.2) is 36.8 Å². The fourth-order valence-electron chi connectivity index (χ4n) is 3.66. The van der Waals surface area contributed by atoms with Crippen molar-refractivity contribution in [3.63, 3.8) is 0 Å². The van der Waals surface area contributed by atoms with Gasteiger partial charge in [0.05, 0.1) is 23.9 Å². The van der Waals surface area contributed by atoms with Crippen molar-refractivity contribution in [3.05, 3.63) is 40.8 Å². The van der Waals surface area contributed by atoms with Crippen LogP contribution < -0.4 is 14.8 Å². The number of hydrogen-bond acceptors (Lipinski definition) is 7. The number of nitrogens with one attached hydrogen (secondary N) is 1. The molecule has 0 radical (unpaired) electrons. The number of esters is 1. The van der Waals surface area contributed by atoms with E-state index in [4.69, 9.17) is 18.7 Å². The van der Waals surface area contributed by atoms with Crippen molar-refractivity contribution in [2.75, 3.05) is 13.7 Å². The van der Waals surface area contributed by atoms with E-state index in [0.717, 1.165) is 36.9 Å². The Morgan fingerprint density at radius 2 is 1.90 bits per heavy atom. The van der Waals surface area contributed by atoms with Crippen LogP contribution in [-0.2, 0) is 16.1 Å². The van der Waals surface area contributed by atoms with Crippen LogP contribution in [0.3, 0.4) is 0 Å². The minimum atomic E-state index is -0.594. The lowest BCUT2D eigenvalue weighted by Gasteiger charge is -2.26. The zero-order valence-electron chi connectivity index (χ0n) is 18.5. The SMILES string of the molecule is COc1cc(C(=O)OCC(=O)NC2CCC(C)CC2)ccc1OCc1c(C)noc1C. The summed E-state index contributed by atoms with van der Waals surface area (Å²) in [4.78, 5) is 24.5. The second-order valence-corrected chi connectivity index (χ2v) is 8.06. The molecule has 3 rings (SSSR count).